The van der Waals surface area contributed by atoms with Crippen molar-refractivity contribution in [2.45, 2.75) is 229 Å². The van der Waals surface area contributed by atoms with Gasteiger partial charge in [-0.1, -0.05) is 127 Å². The molecule has 0 aromatic carbocycles. The van der Waals surface area contributed by atoms with Crippen molar-refractivity contribution in [1.82, 2.24) is 0 Å². The van der Waals surface area contributed by atoms with Gasteiger partial charge in [-0.25, -0.2) is 0 Å². The normalized spacial score (nSPS) is 27.5. The van der Waals surface area contributed by atoms with E-state index in [9.17, 15) is 40.5 Å². The first kappa shape index (κ1) is 56.3. The molecule has 362 valence electrons. The number of unbranched alkanes of at least 4 members (excludes halogenated alkanes) is 17. The van der Waals surface area contributed by atoms with Crippen LogP contribution < -0.4 is 0 Å². The second kappa shape index (κ2) is 36.4. The van der Waals surface area contributed by atoms with E-state index in [1.165, 1.54) is 51.4 Å². The first-order valence-electron chi connectivity index (χ1n) is 24.1. The van der Waals surface area contributed by atoms with Gasteiger partial charge < -0.3 is 64.2 Å². The van der Waals surface area contributed by atoms with Gasteiger partial charge in [-0.3, -0.25) is 4.79 Å². The molecule has 0 amide bonds. The van der Waals surface area contributed by atoms with Crippen molar-refractivity contribution in [3.8, 4) is 0 Å². The summed E-state index contributed by atoms with van der Waals surface area (Å²) in [5, 5.41) is 72.0. The third kappa shape index (κ3) is 24.5. The van der Waals surface area contributed by atoms with Crippen LogP contribution in [0.3, 0.4) is 0 Å². The van der Waals surface area contributed by atoms with Crippen molar-refractivity contribution < 1.29 is 69.0 Å². The molecule has 0 radical (unpaired) electrons. The summed E-state index contributed by atoms with van der Waals surface area (Å²) in [6, 6.07) is 0. The summed E-state index contributed by atoms with van der Waals surface area (Å²) in [6.45, 7) is 3.58. The summed E-state index contributed by atoms with van der Waals surface area (Å²) in [4.78, 5) is 12.9. The third-order valence-corrected chi connectivity index (χ3v) is 11.4. The summed E-state index contributed by atoms with van der Waals surface area (Å²) >= 11 is 0. The van der Waals surface area contributed by atoms with Crippen LogP contribution >= 0.6 is 0 Å². The minimum absolute atomic E-state index is 0.0512. The number of carbonyl (C=O) groups excluding carboxylic acids is 1. The Hall–Kier alpha value is -1.79. The van der Waals surface area contributed by atoms with Crippen LogP contribution in [0.15, 0.2) is 36.5 Å². The average molecular weight is 887 g/mol. The second-order valence-electron chi connectivity index (χ2n) is 16.9. The van der Waals surface area contributed by atoms with Crippen LogP contribution in [0.5, 0.6) is 0 Å². The highest BCUT2D eigenvalue weighted by Gasteiger charge is 2.47. The Bertz CT molecular complexity index is 1170. The van der Waals surface area contributed by atoms with Crippen LogP contribution in [-0.4, -0.2) is 142 Å². The minimum Gasteiger partial charge on any atom is -0.457 e. The molecule has 0 saturated carbocycles. The summed E-state index contributed by atoms with van der Waals surface area (Å²) in [6.07, 6.45) is 22.1. The number of esters is 1. The van der Waals surface area contributed by atoms with Crippen LogP contribution in [0.4, 0.5) is 0 Å². The highest BCUT2D eigenvalue weighted by atomic mass is 16.7. The lowest BCUT2D eigenvalue weighted by atomic mass is 9.98. The van der Waals surface area contributed by atoms with Gasteiger partial charge in [0.15, 0.2) is 12.6 Å². The summed E-state index contributed by atoms with van der Waals surface area (Å²) < 4.78 is 34.2. The number of allylic oxidation sites excluding steroid dienone is 6. The lowest BCUT2D eigenvalue weighted by Crippen LogP contribution is -2.61. The molecular weight excluding hydrogens is 801 g/mol. The van der Waals surface area contributed by atoms with Crippen molar-refractivity contribution in [1.29, 1.82) is 0 Å². The quantitative estimate of drug-likeness (QED) is 0.0209. The molecule has 2 rings (SSSR count). The Labute approximate surface area is 372 Å². The monoisotopic (exact) mass is 887 g/mol. The van der Waals surface area contributed by atoms with Gasteiger partial charge in [0.1, 0.15) is 54.9 Å². The molecule has 11 unspecified atom stereocenters. The molecule has 2 heterocycles. The molecule has 0 bridgehead atoms. The lowest BCUT2D eigenvalue weighted by molar-refractivity contribution is -0.332. The van der Waals surface area contributed by atoms with Gasteiger partial charge in [0, 0.05) is 13.0 Å². The lowest BCUT2D eigenvalue weighted by Gasteiger charge is -2.42. The Morgan fingerprint density at radius 2 is 1.02 bits per heavy atom. The van der Waals surface area contributed by atoms with Crippen LogP contribution in [0.2, 0.25) is 0 Å². The fourth-order valence-electron chi connectivity index (χ4n) is 7.35. The molecule has 11 atom stereocenters. The molecule has 0 aliphatic carbocycles. The first-order chi connectivity index (χ1) is 30.1. The van der Waals surface area contributed by atoms with Gasteiger partial charge in [-0.05, 0) is 64.2 Å². The Morgan fingerprint density at radius 1 is 0.532 bits per heavy atom. The van der Waals surface area contributed by atoms with Crippen molar-refractivity contribution >= 4 is 5.97 Å². The summed E-state index contributed by atoms with van der Waals surface area (Å²) in [5.41, 5.74) is 0. The number of hydrogen-bond donors (Lipinski definition) is 7. The van der Waals surface area contributed by atoms with E-state index in [2.05, 4.69) is 50.3 Å². The fraction of sp³-hybridized carbons (Fsp3) is 0.854. The zero-order valence-corrected chi connectivity index (χ0v) is 38.1. The molecule has 7 N–H and O–H groups in total. The molecule has 2 aliphatic heterocycles. The second-order valence-corrected chi connectivity index (χ2v) is 16.9. The van der Waals surface area contributed by atoms with E-state index in [4.69, 9.17) is 28.4 Å². The standard InChI is InChI=1S/C48H86O14/c1-3-5-7-9-11-13-15-17-18-20-22-24-26-28-30-32-57-34-37(60-40(50)31-29-27-25-23-21-19-16-14-12-10-8-6-4-2)35-58-47-46(56)44(54)42(52)39(62-47)36-59-48-45(55)43(53)41(51)38(33-49)61-48/h9,11,14-17,37-39,41-49,51-56H,3-8,10,12-13,18-36H2,1-2H3/b11-9-,16-14-,17-15-. The number of hydrogen-bond acceptors (Lipinski definition) is 14. The smallest absolute Gasteiger partial charge is 0.306 e. The molecule has 62 heavy (non-hydrogen) atoms. The van der Waals surface area contributed by atoms with E-state index in [0.717, 1.165) is 83.5 Å². The molecule has 14 nitrogen and oxygen atoms in total. The van der Waals surface area contributed by atoms with Crippen molar-refractivity contribution in [3.63, 3.8) is 0 Å². The van der Waals surface area contributed by atoms with E-state index in [1.807, 2.05) is 0 Å². The van der Waals surface area contributed by atoms with E-state index in [1.54, 1.807) is 0 Å². The van der Waals surface area contributed by atoms with Gasteiger partial charge in [0.25, 0.3) is 0 Å². The van der Waals surface area contributed by atoms with E-state index < -0.39 is 86.7 Å². The summed E-state index contributed by atoms with van der Waals surface area (Å²) in [5.74, 6) is -0.391. The zero-order chi connectivity index (χ0) is 45.2. The van der Waals surface area contributed by atoms with Crippen LogP contribution in [-0.2, 0) is 33.2 Å². The van der Waals surface area contributed by atoms with Crippen LogP contribution in [0.1, 0.15) is 162 Å². The highest BCUT2D eigenvalue weighted by molar-refractivity contribution is 5.69. The average Bonchev–Trinajstić information content (AvgIpc) is 3.27. The number of carbonyl (C=O) groups is 1. The minimum atomic E-state index is -1.71. The number of aliphatic hydroxyl groups excluding tert-OH is 7. The molecular formula is C48H86O14. The van der Waals surface area contributed by atoms with E-state index in [-0.39, 0.29) is 19.6 Å². The van der Waals surface area contributed by atoms with Gasteiger partial charge in [-0.2, -0.15) is 0 Å². The van der Waals surface area contributed by atoms with Gasteiger partial charge >= 0.3 is 5.97 Å². The summed E-state index contributed by atoms with van der Waals surface area (Å²) in [7, 11) is 0. The topological polar surface area (TPSA) is 214 Å². The Balaban J connectivity index is 1.81. The molecule has 0 aromatic heterocycles. The molecule has 2 fully saturated rings. The molecule has 0 spiro atoms. The maximum atomic E-state index is 12.9. The van der Waals surface area contributed by atoms with Gasteiger partial charge in [-0.15, -0.1) is 0 Å². The van der Waals surface area contributed by atoms with Gasteiger partial charge in [0.2, 0.25) is 0 Å². The van der Waals surface area contributed by atoms with Crippen LogP contribution in [0, 0.1) is 0 Å². The van der Waals surface area contributed by atoms with Crippen molar-refractivity contribution in [2.75, 3.05) is 33.0 Å². The molecule has 0 aromatic rings. The Kier molecular flexibility index (Phi) is 33.1. The number of aliphatic hydroxyl groups is 7. The Morgan fingerprint density at radius 3 is 1.61 bits per heavy atom. The van der Waals surface area contributed by atoms with Crippen molar-refractivity contribution in [2.24, 2.45) is 0 Å². The van der Waals surface area contributed by atoms with Crippen LogP contribution in [0.25, 0.3) is 0 Å². The van der Waals surface area contributed by atoms with E-state index in [0.29, 0.717) is 13.0 Å². The maximum Gasteiger partial charge on any atom is 0.306 e. The molecule has 14 heteroatoms. The predicted octanol–water partition coefficient (Wildman–Crippen LogP) is 6.24. The SMILES string of the molecule is CCCC/C=C\C/C=C\CCCCCCCCOCC(COC1OC(COC2OC(CO)C(O)C(O)C2O)C(O)C(O)C1O)OC(=O)CCCCCCC/C=C\CCCCCC. The third-order valence-electron chi connectivity index (χ3n) is 11.4. The first-order valence-corrected chi connectivity index (χ1v) is 24.1. The van der Waals surface area contributed by atoms with Crippen molar-refractivity contribution in [3.05, 3.63) is 36.5 Å². The zero-order valence-electron chi connectivity index (χ0n) is 38.1. The van der Waals surface area contributed by atoms with E-state index >= 15 is 0 Å². The predicted molar refractivity (Wildman–Crippen MR) is 238 cm³/mol. The highest BCUT2D eigenvalue weighted by Crippen LogP contribution is 2.26. The number of rotatable bonds is 37. The molecule has 2 saturated heterocycles. The fourth-order valence-corrected chi connectivity index (χ4v) is 7.35. The van der Waals surface area contributed by atoms with Gasteiger partial charge in [0.05, 0.1) is 26.4 Å². The largest absolute Gasteiger partial charge is 0.457 e. The number of ether oxygens (including phenoxy) is 6. The molecule has 2 aliphatic rings. The maximum absolute atomic E-state index is 12.9.